The van der Waals surface area contributed by atoms with Crippen molar-refractivity contribution in [2.45, 2.75) is 19.9 Å². The molecule has 0 saturated heterocycles. The van der Waals surface area contributed by atoms with E-state index in [0.29, 0.717) is 23.7 Å². The summed E-state index contributed by atoms with van der Waals surface area (Å²) in [6, 6.07) is 9.83. The smallest absolute Gasteiger partial charge is 0.303 e. The molecule has 0 saturated carbocycles. The van der Waals surface area contributed by atoms with Crippen molar-refractivity contribution in [2.75, 3.05) is 5.43 Å². The number of allylic oxidation sites excluding steroid dienone is 1. The number of aromatic amines is 1. The molecule has 0 aliphatic heterocycles. The van der Waals surface area contributed by atoms with Gasteiger partial charge in [-0.3, -0.25) is 14.3 Å². The van der Waals surface area contributed by atoms with Gasteiger partial charge < -0.3 is 4.57 Å². The Labute approximate surface area is 163 Å². The highest BCUT2D eigenvalue weighted by Crippen LogP contribution is 2.16. The standard InChI is InChI=1S/C18H19BrN6O2/c1-3-9-25-14-15(24(2)18(27)22-16(14)26)21-17(25)23-20-11-13(19)10-12-7-5-4-6-8-12/h4-8,10-11H,3,9H2,1-2H3,(H,21,23)(H,22,26,27). The fraction of sp³-hybridized carbons (Fsp3) is 0.222. The summed E-state index contributed by atoms with van der Waals surface area (Å²) in [4.78, 5) is 30.7. The van der Waals surface area contributed by atoms with Crippen LogP contribution in [0.25, 0.3) is 17.2 Å². The monoisotopic (exact) mass is 430 g/mol. The Bertz CT molecular complexity index is 1120. The van der Waals surface area contributed by atoms with Crippen LogP contribution in [0.3, 0.4) is 0 Å². The number of imidazole rings is 1. The Morgan fingerprint density at radius 1 is 1.33 bits per heavy atom. The molecular formula is C18H19BrN6O2. The predicted octanol–water partition coefficient (Wildman–Crippen LogP) is 2.67. The van der Waals surface area contributed by atoms with E-state index in [-0.39, 0.29) is 0 Å². The molecule has 0 unspecified atom stereocenters. The summed E-state index contributed by atoms with van der Waals surface area (Å²) >= 11 is 3.45. The van der Waals surface area contributed by atoms with Gasteiger partial charge in [0, 0.05) is 18.1 Å². The molecule has 0 spiro atoms. The van der Waals surface area contributed by atoms with Gasteiger partial charge in [0.2, 0.25) is 5.95 Å². The Kier molecular flexibility index (Phi) is 5.70. The summed E-state index contributed by atoms with van der Waals surface area (Å²) in [5, 5.41) is 4.18. The van der Waals surface area contributed by atoms with Crippen LogP contribution in [0.2, 0.25) is 0 Å². The number of nitrogens with zero attached hydrogens (tertiary/aromatic N) is 4. The minimum atomic E-state index is -0.503. The van der Waals surface area contributed by atoms with E-state index in [4.69, 9.17) is 0 Å². The number of hydrogen-bond donors (Lipinski definition) is 2. The number of anilines is 1. The van der Waals surface area contributed by atoms with Gasteiger partial charge in [-0.05, 0) is 34.0 Å². The Balaban J connectivity index is 1.93. The molecular weight excluding hydrogens is 412 g/mol. The molecule has 3 rings (SSSR count). The lowest BCUT2D eigenvalue weighted by Crippen LogP contribution is -2.29. The van der Waals surface area contributed by atoms with Crippen LogP contribution in [0.4, 0.5) is 5.95 Å². The van der Waals surface area contributed by atoms with Gasteiger partial charge in [0.25, 0.3) is 5.56 Å². The number of hydrazone groups is 1. The highest BCUT2D eigenvalue weighted by molar-refractivity contribution is 9.12. The molecule has 0 fully saturated rings. The SMILES string of the molecule is CCCn1c(NN=CC(Br)=Cc2ccccc2)nc2c1c(=O)[nH]c(=O)n2C. The van der Waals surface area contributed by atoms with Gasteiger partial charge in [-0.1, -0.05) is 37.3 Å². The lowest BCUT2D eigenvalue weighted by molar-refractivity contribution is 0.698. The zero-order valence-corrected chi connectivity index (χ0v) is 16.5. The van der Waals surface area contributed by atoms with E-state index < -0.39 is 11.2 Å². The molecule has 140 valence electrons. The number of nitrogens with one attached hydrogen (secondary N) is 2. The third kappa shape index (κ3) is 4.08. The first-order chi connectivity index (χ1) is 13.0. The highest BCUT2D eigenvalue weighted by atomic mass is 79.9. The molecule has 9 heteroatoms. The summed E-state index contributed by atoms with van der Waals surface area (Å²) in [6.45, 7) is 2.56. The van der Waals surface area contributed by atoms with E-state index in [2.05, 4.69) is 36.4 Å². The van der Waals surface area contributed by atoms with E-state index in [1.54, 1.807) is 17.8 Å². The van der Waals surface area contributed by atoms with E-state index >= 15 is 0 Å². The van der Waals surface area contributed by atoms with Gasteiger partial charge in [-0.2, -0.15) is 10.1 Å². The minimum Gasteiger partial charge on any atom is -0.303 e. The first-order valence-electron chi connectivity index (χ1n) is 8.42. The van der Waals surface area contributed by atoms with Gasteiger partial charge in [0.1, 0.15) is 0 Å². The maximum Gasteiger partial charge on any atom is 0.329 e. The zero-order chi connectivity index (χ0) is 19.4. The average molecular weight is 431 g/mol. The van der Waals surface area contributed by atoms with Crippen molar-refractivity contribution >= 4 is 45.3 Å². The van der Waals surface area contributed by atoms with Gasteiger partial charge >= 0.3 is 5.69 Å². The van der Waals surface area contributed by atoms with Crippen molar-refractivity contribution in [2.24, 2.45) is 12.1 Å². The van der Waals surface area contributed by atoms with Crippen LogP contribution in [0, 0.1) is 0 Å². The van der Waals surface area contributed by atoms with Crippen LogP contribution >= 0.6 is 15.9 Å². The predicted molar refractivity (Wildman–Crippen MR) is 111 cm³/mol. The lowest BCUT2D eigenvalue weighted by Gasteiger charge is -2.05. The Morgan fingerprint density at radius 3 is 2.78 bits per heavy atom. The summed E-state index contributed by atoms with van der Waals surface area (Å²) in [7, 11) is 1.57. The molecule has 0 radical (unpaired) electrons. The fourth-order valence-corrected chi connectivity index (χ4v) is 3.03. The second-order valence-corrected chi connectivity index (χ2v) is 6.80. The van der Waals surface area contributed by atoms with Crippen molar-refractivity contribution < 1.29 is 0 Å². The number of H-pyrrole nitrogens is 1. The largest absolute Gasteiger partial charge is 0.329 e. The molecule has 0 atom stereocenters. The topological polar surface area (TPSA) is 97.1 Å². The van der Waals surface area contributed by atoms with E-state index in [1.807, 2.05) is 43.3 Å². The zero-order valence-electron chi connectivity index (χ0n) is 14.9. The van der Waals surface area contributed by atoms with Gasteiger partial charge in [-0.15, -0.1) is 0 Å². The minimum absolute atomic E-state index is 0.314. The lowest BCUT2D eigenvalue weighted by atomic mass is 10.2. The normalized spacial score (nSPS) is 12.2. The van der Waals surface area contributed by atoms with E-state index in [9.17, 15) is 9.59 Å². The molecule has 0 aliphatic rings. The molecule has 0 aliphatic carbocycles. The van der Waals surface area contributed by atoms with Crippen LogP contribution in [0.1, 0.15) is 18.9 Å². The maximum absolute atomic E-state index is 12.2. The van der Waals surface area contributed by atoms with Crippen molar-refractivity contribution in [1.82, 2.24) is 19.1 Å². The molecule has 0 amide bonds. The van der Waals surface area contributed by atoms with Crippen LogP contribution in [0.5, 0.6) is 0 Å². The van der Waals surface area contributed by atoms with Gasteiger partial charge in [-0.25, -0.2) is 10.2 Å². The van der Waals surface area contributed by atoms with Crippen LogP contribution < -0.4 is 16.7 Å². The third-order valence-corrected chi connectivity index (χ3v) is 4.34. The molecule has 8 nitrogen and oxygen atoms in total. The molecule has 3 aromatic rings. The molecule has 1 aromatic carbocycles. The number of rotatable bonds is 6. The third-order valence-electron chi connectivity index (χ3n) is 3.91. The fourth-order valence-electron chi connectivity index (χ4n) is 2.66. The first kappa shape index (κ1) is 18.8. The number of benzene rings is 1. The van der Waals surface area contributed by atoms with Gasteiger partial charge in [0.15, 0.2) is 11.2 Å². The Hall–Kier alpha value is -2.94. The van der Waals surface area contributed by atoms with Crippen molar-refractivity contribution in [3.8, 4) is 0 Å². The first-order valence-corrected chi connectivity index (χ1v) is 9.21. The van der Waals surface area contributed by atoms with Crippen molar-refractivity contribution in [1.29, 1.82) is 0 Å². The quantitative estimate of drug-likeness (QED) is 0.463. The molecule has 2 aromatic heterocycles. The highest BCUT2D eigenvalue weighted by Gasteiger charge is 2.16. The molecule has 2 N–H and O–H groups in total. The maximum atomic E-state index is 12.2. The second-order valence-electron chi connectivity index (χ2n) is 5.89. The number of aromatic nitrogens is 4. The van der Waals surface area contributed by atoms with Crippen LogP contribution in [-0.2, 0) is 13.6 Å². The van der Waals surface area contributed by atoms with Crippen LogP contribution in [0.15, 0.2) is 49.5 Å². The molecule has 2 heterocycles. The number of fused-ring (bicyclic) bond motifs is 1. The van der Waals surface area contributed by atoms with Crippen LogP contribution in [-0.4, -0.2) is 25.3 Å². The number of hydrogen-bond acceptors (Lipinski definition) is 5. The Morgan fingerprint density at radius 2 is 2.07 bits per heavy atom. The summed E-state index contributed by atoms with van der Waals surface area (Å²) in [6.07, 6.45) is 4.32. The average Bonchev–Trinajstić information content (AvgIpc) is 3.00. The van der Waals surface area contributed by atoms with Crippen molar-refractivity contribution in [3.05, 3.63) is 61.2 Å². The summed E-state index contributed by atoms with van der Waals surface area (Å²) < 4.78 is 3.80. The molecule has 0 bridgehead atoms. The number of aryl methyl sites for hydroxylation is 2. The summed E-state index contributed by atoms with van der Waals surface area (Å²) in [5.41, 5.74) is 3.59. The van der Waals surface area contributed by atoms with E-state index in [0.717, 1.165) is 16.5 Å². The van der Waals surface area contributed by atoms with E-state index in [1.165, 1.54) is 4.57 Å². The summed E-state index contributed by atoms with van der Waals surface area (Å²) in [5.74, 6) is 0.398. The van der Waals surface area contributed by atoms with Gasteiger partial charge in [0.05, 0.1) is 6.21 Å². The molecule has 27 heavy (non-hydrogen) atoms. The number of halogens is 1. The van der Waals surface area contributed by atoms with Crippen molar-refractivity contribution in [3.63, 3.8) is 0 Å². The second kappa shape index (κ2) is 8.17.